The Morgan fingerprint density at radius 2 is 1.34 bits per heavy atom. The van der Waals surface area contributed by atoms with Crippen LogP contribution in [0.5, 0.6) is 0 Å². The van der Waals surface area contributed by atoms with Crippen molar-refractivity contribution in [3.05, 3.63) is 106 Å². The Morgan fingerprint density at radius 1 is 0.857 bits per heavy atom. The number of carboxylic acids is 1. The third kappa shape index (κ3) is 11.1. The largest absolute Gasteiger partial charge is 0.478 e. The highest BCUT2D eigenvalue weighted by molar-refractivity contribution is 6.30. The molecule has 0 spiro atoms. The lowest BCUT2D eigenvalue weighted by atomic mass is 10.1. The molecule has 0 saturated carbocycles. The summed E-state index contributed by atoms with van der Waals surface area (Å²) in [5.74, 6) is -0.879. The summed E-state index contributed by atoms with van der Waals surface area (Å²) in [5.41, 5.74) is 3.28. The number of carbonyl (C=O) groups is 2. The number of carbonyl (C=O) groups excluding carboxylic acids is 1. The van der Waals surface area contributed by atoms with Crippen LogP contribution in [0.15, 0.2) is 72.8 Å². The van der Waals surface area contributed by atoms with Crippen LogP contribution in [0.4, 0.5) is 26.3 Å². The molecule has 11 heteroatoms. The molecule has 188 valence electrons. The zero-order chi connectivity index (χ0) is 26.6. The Balaban J connectivity index is 0.000000278. The van der Waals surface area contributed by atoms with Crippen LogP contribution in [-0.4, -0.2) is 23.9 Å². The SMILES string of the molecule is NCCc1ccc(Cl)cc1.O=C(O)c1ccccc1.O=Cc1cc(C(F)(F)F)cc(C(F)(F)F)c1. The third-order valence-electron chi connectivity index (χ3n) is 4.11. The predicted molar refractivity (Wildman–Crippen MR) is 119 cm³/mol. The van der Waals surface area contributed by atoms with Gasteiger partial charge >= 0.3 is 18.3 Å². The average molecular weight is 520 g/mol. The van der Waals surface area contributed by atoms with Crippen LogP contribution in [0.25, 0.3) is 0 Å². The molecule has 0 bridgehead atoms. The summed E-state index contributed by atoms with van der Waals surface area (Å²) in [6, 6.07) is 16.7. The molecule has 0 radical (unpaired) electrons. The van der Waals surface area contributed by atoms with E-state index in [9.17, 15) is 35.9 Å². The first-order valence-corrected chi connectivity index (χ1v) is 10.1. The molecule has 0 unspecified atom stereocenters. The molecule has 35 heavy (non-hydrogen) atoms. The van der Waals surface area contributed by atoms with Gasteiger partial charge in [-0.25, -0.2) is 4.79 Å². The number of halogens is 7. The van der Waals surface area contributed by atoms with Crippen LogP contribution in [-0.2, 0) is 18.8 Å². The van der Waals surface area contributed by atoms with E-state index in [0.29, 0.717) is 24.2 Å². The number of hydrogen-bond acceptors (Lipinski definition) is 3. The maximum atomic E-state index is 12.2. The van der Waals surface area contributed by atoms with E-state index in [1.54, 1.807) is 30.3 Å². The number of carboxylic acid groups (broad SMARTS) is 1. The van der Waals surface area contributed by atoms with E-state index in [-0.39, 0.29) is 12.4 Å². The molecule has 0 amide bonds. The number of rotatable bonds is 4. The van der Waals surface area contributed by atoms with Gasteiger partial charge in [-0.2, -0.15) is 26.3 Å². The maximum absolute atomic E-state index is 12.2. The highest BCUT2D eigenvalue weighted by Crippen LogP contribution is 2.35. The van der Waals surface area contributed by atoms with Gasteiger partial charge in [0.15, 0.2) is 0 Å². The lowest BCUT2D eigenvalue weighted by Gasteiger charge is -2.12. The summed E-state index contributed by atoms with van der Waals surface area (Å²) in [7, 11) is 0. The molecule has 3 N–H and O–H groups in total. The van der Waals surface area contributed by atoms with Gasteiger partial charge in [0.1, 0.15) is 6.29 Å². The smallest absolute Gasteiger partial charge is 0.416 e. The topological polar surface area (TPSA) is 80.4 Å². The summed E-state index contributed by atoms with van der Waals surface area (Å²) in [5, 5.41) is 9.16. The summed E-state index contributed by atoms with van der Waals surface area (Å²) in [6.45, 7) is 0.696. The first-order valence-electron chi connectivity index (χ1n) is 9.75. The van der Waals surface area contributed by atoms with Crippen molar-refractivity contribution in [1.82, 2.24) is 0 Å². The normalized spacial score (nSPS) is 10.9. The number of alkyl halides is 6. The van der Waals surface area contributed by atoms with E-state index in [1.165, 1.54) is 5.56 Å². The van der Waals surface area contributed by atoms with Crippen molar-refractivity contribution in [1.29, 1.82) is 0 Å². The predicted octanol–water partition coefficient (Wildman–Crippen LogP) is 6.76. The molecule has 3 aromatic carbocycles. The maximum Gasteiger partial charge on any atom is 0.416 e. The van der Waals surface area contributed by atoms with E-state index in [4.69, 9.17) is 22.4 Å². The van der Waals surface area contributed by atoms with Gasteiger partial charge in [-0.1, -0.05) is 41.9 Å². The van der Waals surface area contributed by atoms with Gasteiger partial charge in [-0.05, 0) is 61.0 Å². The number of benzene rings is 3. The van der Waals surface area contributed by atoms with E-state index in [1.807, 2.05) is 24.3 Å². The highest BCUT2D eigenvalue weighted by atomic mass is 35.5. The quantitative estimate of drug-likeness (QED) is 0.295. The number of aromatic carboxylic acids is 1. The van der Waals surface area contributed by atoms with Crippen molar-refractivity contribution in [2.45, 2.75) is 18.8 Å². The Morgan fingerprint density at radius 3 is 1.69 bits per heavy atom. The van der Waals surface area contributed by atoms with Crippen molar-refractivity contribution in [2.75, 3.05) is 6.54 Å². The van der Waals surface area contributed by atoms with Gasteiger partial charge in [0, 0.05) is 10.6 Å². The lowest BCUT2D eigenvalue weighted by molar-refractivity contribution is -0.143. The molecular weight excluding hydrogens is 500 g/mol. The van der Waals surface area contributed by atoms with Crippen LogP contribution < -0.4 is 5.73 Å². The van der Waals surface area contributed by atoms with E-state index in [2.05, 4.69) is 0 Å². The summed E-state index contributed by atoms with van der Waals surface area (Å²) < 4.78 is 73.1. The Hall–Kier alpha value is -3.37. The van der Waals surface area contributed by atoms with Gasteiger partial charge in [0.05, 0.1) is 16.7 Å². The zero-order valence-corrected chi connectivity index (χ0v) is 18.7. The minimum Gasteiger partial charge on any atom is -0.478 e. The first-order chi connectivity index (χ1) is 16.3. The molecule has 0 atom stereocenters. The van der Waals surface area contributed by atoms with E-state index >= 15 is 0 Å². The standard InChI is InChI=1S/C9H4F6O.C8H10ClN.C7H6O2/c10-8(11,12)6-1-5(4-16)2-7(3-6)9(13,14)15;9-8-3-1-7(2-4-8)5-6-10;8-7(9)6-4-2-1-3-5-6/h1-4H;1-4H,5-6,10H2;1-5H,(H,8,9). The summed E-state index contributed by atoms with van der Waals surface area (Å²) >= 11 is 5.68. The van der Waals surface area contributed by atoms with Gasteiger partial charge in [0.25, 0.3) is 0 Å². The second-order valence-corrected chi connectivity index (χ2v) is 7.23. The average Bonchev–Trinajstić information content (AvgIpc) is 2.81. The molecule has 3 aromatic rings. The molecule has 4 nitrogen and oxygen atoms in total. The van der Waals surface area contributed by atoms with Crippen molar-refractivity contribution in [2.24, 2.45) is 5.73 Å². The lowest BCUT2D eigenvalue weighted by Crippen LogP contribution is -2.11. The Kier molecular flexibility index (Phi) is 11.4. The van der Waals surface area contributed by atoms with Crippen molar-refractivity contribution in [3.8, 4) is 0 Å². The van der Waals surface area contributed by atoms with Crippen LogP contribution in [0.2, 0.25) is 5.02 Å². The van der Waals surface area contributed by atoms with Crippen molar-refractivity contribution >= 4 is 23.9 Å². The highest BCUT2D eigenvalue weighted by Gasteiger charge is 2.36. The second-order valence-electron chi connectivity index (χ2n) is 6.79. The Bertz CT molecular complexity index is 1050. The fourth-order valence-electron chi connectivity index (χ4n) is 2.45. The molecule has 0 aromatic heterocycles. The van der Waals surface area contributed by atoms with Crippen LogP contribution in [0.3, 0.4) is 0 Å². The van der Waals surface area contributed by atoms with Gasteiger partial charge < -0.3 is 10.8 Å². The monoisotopic (exact) mass is 519 g/mol. The summed E-state index contributed by atoms with van der Waals surface area (Å²) in [4.78, 5) is 20.4. The number of hydrogen-bond donors (Lipinski definition) is 2. The first kappa shape index (κ1) is 29.7. The molecular formula is C24H20ClF6NO3. The van der Waals surface area contributed by atoms with Crippen LogP contribution >= 0.6 is 11.6 Å². The molecule has 0 saturated heterocycles. The number of nitrogens with two attached hydrogens (primary N) is 1. The summed E-state index contributed by atoms with van der Waals surface area (Å²) in [6.07, 6.45) is -8.97. The van der Waals surface area contributed by atoms with Crippen molar-refractivity contribution in [3.63, 3.8) is 0 Å². The zero-order valence-electron chi connectivity index (χ0n) is 17.9. The fourth-order valence-corrected chi connectivity index (χ4v) is 2.57. The second kappa shape index (κ2) is 13.5. The third-order valence-corrected chi connectivity index (χ3v) is 4.37. The molecule has 0 aliphatic rings. The van der Waals surface area contributed by atoms with Gasteiger partial charge in [-0.15, -0.1) is 0 Å². The minimum absolute atomic E-state index is 0.0347. The molecule has 3 rings (SSSR count). The van der Waals surface area contributed by atoms with Gasteiger partial charge in [0.2, 0.25) is 0 Å². The van der Waals surface area contributed by atoms with E-state index in [0.717, 1.165) is 11.4 Å². The van der Waals surface area contributed by atoms with Crippen LogP contribution in [0, 0.1) is 0 Å². The van der Waals surface area contributed by atoms with Crippen molar-refractivity contribution < 1.29 is 41.0 Å². The fraction of sp³-hybridized carbons (Fsp3) is 0.167. The molecule has 0 heterocycles. The molecule has 0 aliphatic heterocycles. The minimum atomic E-state index is -4.92. The van der Waals surface area contributed by atoms with E-state index < -0.39 is 35.0 Å². The Labute approximate surface area is 202 Å². The molecule has 0 fully saturated rings. The molecule has 0 aliphatic carbocycles. The van der Waals surface area contributed by atoms with Gasteiger partial charge in [-0.3, -0.25) is 4.79 Å². The number of aldehydes is 1. The van der Waals surface area contributed by atoms with Crippen LogP contribution in [0.1, 0.15) is 37.4 Å².